The molecule has 1 unspecified atom stereocenters. The lowest BCUT2D eigenvalue weighted by Crippen LogP contribution is -2.39. The standard InChI is InChI=1S/C10H21NO2/c1-7(2)9(5)11(6)10(12)13-8(3)4/h7-9H,1-6H3. The Labute approximate surface area is 81.1 Å². The minimum Gasteiger partial charge on any atom is -0.447 e. The lowest BCUT2D eigenvalue weighted by atomic mass is 10.1. The Bertz CT molecular complexity index is 166. The van der Waals surface area contributed by atoms with Crippen LogP contribution in [0.5, 0.6) is 0 Å². The summed E-state index contributed by atoms with van der Waals surface area (Å²) in [6.07, 6.45) is -0.287. The highest BCUT2D eigenvalue weighted by molar-refractivity contribution is 5.67. The van der Waals surface area contributed by atoms with Gasteiger partial charge in [-0.15, -0.1) is 0 Å². The third-order valence-electron chi connectivity index (χ3n) is 2.20. The van der Waals surface area contributed by atoms with E-state index in [2.05, 4.69) is 13.8 Å². The third-order valence-corrected chi connectivity index (χ3v) is 2.20. The van der Waals surface area contributed by atoms with Crippen LogP contribution in [0.25, 0.3) is 0 Å². The molecule has 0 aromatic heterocycles. The molecule has 3 nitrogen and oxygen atoms in total. The van der Waals surface area contributed by atoms with E-state index in [4.69, 9.17) is 4.74 Å². The van der Waals surface area contributed by atoms with Crippen molar-refractivity contribution < 1.29 is 9.53 Å². The molecule has 0 bridgehead atoms. The molecule has 0 fully saturated rings. The average molecular weight is 187 g/mol. The Hall–Kier alpha value is -0.730. The van der Waals surface area contributed by atoms with Crippen molar-refractivity contribution in [2.75, 3.05) is 7.05 Å². The van der Waals surface area contributed by atoms with Crippen LogP contribution in [0.2, 0.25) is 0 Å². The lowest BCUT2D eigenvalue weighted by molar-refractivity contribution is 0.0682. The third kappa shape index (κ3) is 4.15. The van der Waals surface area contributed by atoms with Gasteiger partial charge in [0.2, 0.25) is 0 Å². The summed E-state index contributed by atoms with van der Waals surface area (Å²) in [5, 5.41) is 0. The Morgan fingerprint density at radius 2 is 1.62 bits per heavy atom. The molecule has 13 heavy (non-hydrogen) atoms. The average Bonchev–Trinajstić information content (AvgIpc) is 2.00. The van der Waals surface area contributed by atoms with E-state index in [0.29, 0.717) is 5.92 Å². The van der Waals surface area contributed by atoms with Crippen molar-refractivity contribution in [3.63, 3.8) is 0 Å². The molecule has 0 heterocycles. The summed E-state index contributed by atoms with van der Waals surface area (Å²) in [6.45, 7) is 9.90. The number of ether oxygens (including phenoxy) is 1. The number of carbonyl (C=O) groups is 1. The van der Waals surface area contributed by atoms with E-state index in [1.807, 2.05) is 20.8 Å². The fraction of sp³-hybridized carbons (Fsp3) is 0.900. The van der Waals surface area contributed by atoms with Gasteiger partial charge in [0.15, 0.2) is 0 Å². The van der Waals surface area contributed by atoms with Crippen LogP contribution >= 0.6 is 0 Å². The van der Waals surface area contributed by atoms with Gasteiger partial charge in [0, 0.05) is 13.1 Å². The van der Waals surface area contributed by atoms with Crippen LogP contribution in [-0.2, 0) is 4.74 Å². The Morgan fingerprint density at radius 3 is 1.92 bits per heavy atom. The Kier molecular flexibility index (Phi) is 4.81. The van der Waals surface area contributed by atoms with Gasteiger partial charge in [0.25, 0.3) is 0 Å². The molecule has 3 heteroatoms. The predicted molar refractivity (Wildman–Crippen MR) is 53.7 cm³/mol. The molecule has 0 spiro atoms. The van der Waals surface area contributed by atoms with E-state index in [1.165, 1.54) is 0 Å². The number of hydrogen-bond acceptors (Lipinski definition) is 2. The summed E-state index contributed by atoms with van der Waals surface area (Å²) < 4.78 is 5.07. The zero-order chi connectivity index (χ0) is 10.6. The van der Waals surface area contributed by atoms with Gasteiger partial charge in [-0.1, -0.05) is 13.8 Å². The zero-order valence-corrected chi connectivity index (χ0v) is 9.50. The summed E-state index contributed by atoms with van der Waals surface area (Å²) in [4.78, 5) is 13.0. The highest BCUT2D eigenvalue weighted by Gasteiger charge is 2.20. The molecule has 0 aliphatic heterocycles. The second-order valence-corrected chi connectivity index (χ2v) is 4.03. The molecule has 0 aliphatic carbocycles. The normalized spacial score (nSPS) is 13.2. The van der Waals surface area contributed by atoms with Crippen LogP contribution in [0.3, 0.4) is 0 Å². The second-order valence-electron chi connectivity index (χ2n) is 4.03. The van der Waals surface area contributed by atoms with Crippen LogP contribution < -0.4 is 0 Å². The fourth-order valence-electron chi connectivity index (χ4n) is 0.898. The monoisotopic (exact) mass is 187 g/mol. The van der Waals surface area contributed by atoms with Crippen molar-refractivity contribution in [1.82, 2.24) is 4.90 Å². The van der Waals surface area contributed by atoms with Gasteiger partial charge >= 0.3 is 6.09 Å². The highest BCUT2D eigenvalue weighted by Crippen LogP contribution is 2.09. The quantitative estimate of drug-likeness (QED) is 0.679. The number of hydrogen-bond donors (Lipinski definition) is 0. The largest absolute Gasteiger partial charge is 0.447 e. The first-order valence-electron chi connectivity index (χ1n) is 4.79. The molecule has 0 aromatic rings. The van der Waals surface area contributed by atoms with Gasteiger partial charge in [-0.05, 0) is 26.7 Å². The van der Waals surface area contributed by atoms with Crippen molar-refractivity contribution in [3.8, 4) is 0 Å². The first-order valence-corrected chi connectivity index (χ1v) is 4.79. The predicted octanol–water partition coefficient (Wildman–Crippen LogP) is 2.51. The van der Waals surface area contributed by atoms with E-state index in [1.54, 1.807) is 11.9 Å². The fourth-order valence-corrected chi connectivity index (χ4v) is 0.898. The molecular weight excluding hydrogens is 166 g/mol. The molecule has 0 radical (unpaired) electrons. The Balaban J connectivity index is 4.09. The molecule has 1 amide bonds. The lowest BCUT2D eigenvalue weighted by Gasteiger charge is -2.27. The highest BCUT2D eigenvalue weighted by atomic mass is 16.6. The van der Waals surface area contributed by atoms with Crippen molar-refractivity contribution >= 4 is 6.09 Å². The zero-order valence-electron chi connectivity index (χ0n) is 9.50. The van der Waals surface area contributed by atoms with Gasteiger partial charge < -0.3 is 9.64 Å². The maximum Gasteiger partial charge on any atom is 0.409 e. The number of carbonyl (C=O) groups excluding carboxylic acids is 1. The SMILES string of the molecule is CC(C)OC(=O)N(C)C(C)C(C)C. The maximum atomic E-state index is 11.4. The van der Waals surface area contributed by atoms with Crippen LogP contribution in [0.15, 0.2) is 0 Å². The molecule has 0 aliphatic rings. The first-order chi connectivity index (χ1) is 5.86. The summed E-state index contributed by atoms with van der Waals surface area (Å²) in [7, 11) is 1.77. The van der Waals surface area contributed by atoms with E-state index in [9.17, 15) is 4.79 Å². The van der Waals surface area contributed by atoms with Crippen molar-refractivity contribution in [2.45, 2.75) is 46.8 Å². The van der Waals surface area contributed by atoms with Crippen LogP contribution in [-0.4, -0.2) is 30.2 Å². The van der Waals surface area contributed by atoms with Crippen molar-refractivity contribution in [3.05, 3.63) is 0 Å². The topological polar surface area (TPSA) is 29.5 Å². The molecule has 0 aromatic carbocycles. The number of rotatable bonds is 3. The van der Waals surface area contributed by atoms with Gasteiger partial charge in [0.1, 0.15) is 0 Å². The van der Waals surface area contributed by atoms with Crippen molar-refractivity contribution in [1.29, 1.82) is 0 Å². The molecule has 0 saturated carbocycles. The van der Waals surface area contributed by atoms with E-state index in [0.717, 1.165) is 0 Å². The molecule has 0 saturated heterocycles. The summed E-state index contributed by atoms with van der Waals surface area (Å²) >= 11 is 0. The number of nitrogens with zero attached hydrogens (tertiary/aromatic N) is 1. The van der Waals surface area contributed by atoms with Gasteiger partial charge in [0.05, 0.1) is 6.10 Å². The summed E-state index contributed by atoms with van der Waals surface area (Å²) in [5.74, 6) is 0.449. The van der Waals surface area contributed by atoms with Gasteiger partial charge in [-0.3, -0.25) is 0 Å². The van der Waals surface area contributed by atoms with Gasteiger partial charge in [-0.25, -0.2) is 4.79 Å². The minimum absolute atomic E-state index is 0.0469. The molecule has 78 valence electrons. The summed E-state index contributed by atoms with van der Waals surface area (Å²) in [5.41, 5.74) is 0. The van der Waals surface area contributed by atoms with E-state index >= 15 is 0 Å². The van der Waals surface area contributed by atoms with Crippen molar-refractivity contribution in [2.24, 2.45) is 5.92 Å². The first kappa shape index (κ1) is 12.3. The smallest absolute Gasteiger partial charge is 0.409 e. The molecule has 0 rings (SSSR count). The maximum absolute atomic E-state index is 11.4. The Morgan fingerprint density at radius 1 is 1.15 bits per heavy atom. The molecular formula is C10H21NO2. The second kappa shape index (κ2) is 5.10. The van der Waals surface area contributed by atoms with Crippen LogP contribution in [0.1, 0.15) is 34.6 Å². The minimum atomic E-state index is -0.240. The molecule has 1 atom stereocenters. The van der Waals surface area contributed by atoms with Crippen LogP contribution in [0.4, 0.5) is 4.79 Å². The molecule has 0 N–H and O–H groups in total. The van der Waals surface area contributed by atoms with Gasteiger partial charge in [-0.2, -0.15) is 0 Å². The van der Waals surface area contributed by atoms with Crippen LogP contribution in [0, 0.1) is 5.92 Å². The summed E-state index contributed by atoms with van der Waals surface area (Å²) in [6, 6.07) is 0.214. The van der Waals surface area contributed by atoms with E-state index in [-0.39, 0.29) is 18.2 Å². The number of amides is 1. The van der Waals surface area contributed by atoms with E-state index < -0.39 is 0 Å².